The van der Waals surface area contributed by atoms with Gasteiger partial charge in [0, 0.05) is 42.8 Å². The fourth-order valence-electron chi connectivity index (χ4n) is 4.01. The Hall–Kier alpha value is -1.79. The summed E-state index contributed by atoms with van der Waals surface area (Å²) in [4.78, 5) is 18.0. The van der Waals surface area contributed by atoms with E-state index in [-0.39, 0.29) is 5.91 Å². The molecule has 0 aliphatic carbocycles. The van der Waals surface area contributed by atoms with Gasteiger partial charge in [-0.2, -0.15) is 0 Å². The van der Waals surface area contributed by atoms with Crippen molar-refractivity contribution in [2.24, 2.45) is 13.0 Å². The molecule has 1 aromatic heterocycles. The molecule has 2 unspecified atom stereocenters. The van der Waals surface area contributed by atoms with Gasteiger partial charge in [-0.1, -0.05) is 12.1 Å². The highest BCUT2D eigenvalue weighted by atomic mass is 32.2. The molecule has 2 N–H and O–H groups in total. The quantitative estimate of drug-likeness (QED) is 0.862. The van der Waals surface area contributed by atoms with Crippen molar-refractivity contribution in [1.82, 2.24) is 14.9 Å². The van der Waals surface area contributed by atoms with E-state index >= 15 is 0 Å². The van der Waals surface area contributed by atoms with Crippen LogP contribution in [0.5, 0.6) is 0 Å². The Morgan fingerprint density at radius 1 is 1.32 bits per heavy atom. The van der Waals surface area contributed by atoms with Crippen LogP contribution in [0.25, 0.3) is 0 Å². The molecule has 3 heterocycles. The maximum absolute atomic E-state index is 12.6. The number of amides is 1. The lowest BCUT2D eigenvalue weighted by atomic mass is 9.89. The predicted molar refractivity (Wildman–Crippen MR) is 99.7 cm³/mol. The average molecular weight is 356 g/mol. The number of piperidine rings is 1. The van der Waals surface area contributed by atoms with Gasteiger partial charge in [-0.05, 0) is 55.5 Å². The standard InChI is InChI=1S/C19H24N4OS/c1-23-9-8-20-19(23)25-17-5-3-2-4-16(17)22-18(24)12-13-10-14-6-7-15(11-13)21-14/h2-5,8-9,13-15,21H,6-7,10-12H2,1H3,(H,22,24). The third-order valence-electron chi connectivity index (χ3n) is 5.18. The fraction of sp³-hybridized carbons (Fsp3) is 0.474. The van der Waals surface area contributed by atoms with E-state index in [1.807, 2.05) is 42.1 Å². The highest BCUT2D eigenvalue weighted by molar-refractivity contribution is 7.99. The van der Waals surface area contributed by atoms with Gasteiger partial charge in [0.05, 0.1) is 5.69 Å². The van der Waals surface area contributed by atoms with Gasteiger partial charge in [0.25, 0.3) is 0 Å². The normalized spacial score (nSPS) is 25.1. The Kier molecular flexibility index (Phi) is 4.81. The van der Waals surface area contributed by atoms with Gasteiger partial charge >= 0.3 is 0 Å². The molecule has 0 spiro atoms. The van der Waals surface area contributed by atoms with Crippen molar-refractivity contribution >= 4 is 23.4 Å². The number of para-hydroxylation sites is 1. The van der Waals surface area contributed by atoms with Gasteiger partial charge < -0.3 is 15.2 Å². The summed E-state index contributed by atoms with van der Waals surface area (Å²) in [6.07, 6.45) is 9.14. The second kappa shape index (κ2) is 7.22. The van der Waals surface area contributed by atoms with Gasteiger partial charge in [0.1, 0.15) is 0 Å². The van der Waals surface area contributed by atoms with Crippen LogP contribution in [0.4, 0.5) is 5.69 Å². The molecule has 1 amide bonds. The zero-order valence-electron chi connectivity index (χ0n) is 14.4. The molecule has 2 fully saturated rings. The minimum Gasteiger partial charge on any atom is -0.329 e. The fourth-order valence-corrected chi connectivity index (χ4v) is 4.90. The van der Waals surface area contributed by atoms with Crippen LogP contribution < -0.4 is 10.6 Å². The summed E-state index contributed by atoms with van der Waals surface area (Å²) < 4.78 is 1.98. The first kappa shape index (κ1) is 16.7. The van der Waals surface area contributed by atoms with E-state index in [4.69, 9.17) is 0 Å². The molecule has 2 aliphatic rings. The first-order valence-corrected chi connectivity index (χ1v) is 9.79. The molecule has 6 heteroatoms. The number of hydrogen-bond acceptors (Lipinski definition) is 4. The summed E-state index contributed by atoms with van der Waals surface area (Å²) in [7, 11) is 1.97. The first-order valence-electron chi connectivity index (χ1n) is 8.97. The van der Waals surface area contributed by atoms with Crippen molar-refractivity contribution in [3.05, 3.63) is 36.7 Å². The zero-order chi connectivity index (χ0) is 17.2. The molecule has 4 rings (SSSR count). The highest BCUT2D eigenvalue weighted by Gasteiger charge is 2.34. The SMILES string of the molecule is Cn1ccnc1Sc1ccccc1NC(=O)CC1CC2CCC(C1)N2. The molecule has 5 nitrogen and oxygen atoms in total. The molecule has 1 aromatic carbocycles. The third kappa shape index (κ3) is 3.90. The van der Waals surface area contributed by atoms with Crippen LogP contribution in [0.2, 0.25) is 0 Å². The van der Waals surface area contributed by atoms with Crippen molar-refractivity contribution in [1.29, 1.82) is 0 Å². The molecular weight excluding hydrogens is 332 g/mol. The number of hydrogen-bond donors (Lipinski definition) is 2. The minimum atomic E-state index is 0.124. The number of nitrogens with zero attached hydrogens (tertiary/aromatic N) is 2. The molecule has 2 bridgehead atoms. The average Bonchev–Trinajstić information content (AvgIpc) is 3.14. The number of carbonyl (C=O) groups excluding carboxylic acids is 1. The van der Waals surface area contributed by atoms with Crippen LogP contribution in [-0.4, -0.2) is 27.5 Å². The van der Waals surface area contributed by atoms with Crippen LogP contribution >= 0.6 is 11.8 Å². The molecule has 0 saturated carbocycles. The number of benzene rings is 1. The zero-order valence-corrected chi connectivity index (χ0v) is 15.3. The molecule has 2 saturated heterocycles. The molecule has 2 atom stereocenters. The summed E-state index contributed by atoms with van der Waals surface area (Å²) in [6.45, 7) is 0. The number of aryl methyl sites for hydroxylation is 1. The van der Waals surface area contributed by atoms with Gasteiger partial charge in [-0.3, -0.25) is 4.79 Å². The van der Waals surface area contributed by atoms with E-state index in [2.05, 4.69) is 15.6 Å². The Morgan fingerprint density at radius 2 is 2.08 bits per heavy atom. The second-order valence-electron chi connectivity index (χ2n) is 7.15. The monoisotopic (exact) mass is 356 g/mol. The Balaban J connectivity index is 1.40. The van der Waals surface area contributed by atoms with Crippen LogP contribution in [0.3, 0.4) is 0 Å². The van der Waals surface area contributed by atoms with E-state index < -0.39 is 0 Å². The van der Waals surface area contributed by atoms with Crippen LogP contribution in [0, 0.1) is 5.92 Å². The molecule has 2 aromatic rings. The van der Waals surface area contributed by atoms with Crippen LogP contribution in [0.15, 0.2) is 46.7 Å². The Labute approximate surface area is 152 Å². The minimum absolute atomic E-state index is 0.124. The number of fused-ring (bicyclic) bond motifs is 2. The second-order valence-corrected chi connectivity index (χ2v) is 8.16. The maximum atomic E-state index is 12.6. The Bertz CT molecular complexity index is 747. The molecule has 2 aliphatic heterocycles. The third-order valence-corrected chi connectivity index (χ3v) is 6.34. The van der Waals surface area contributed by atoms with Crippen molar-refractivity contribution < 1.29 is 4.79 Å². The van der Waals surface area contributed by atoms with Gasteiger partial charge in [0.15, 0.2) is 5.16 Å². The van der Waals surface area contributed by atoms with Crippen LogP contribution in [-0.2, 0) is 11.8 Å². The highest BCUT2D eigenvalue weighted by Crippen LogP contribution is 2.34. The number of nitrogens with one attached hydrogen (secondary N) is 2. The van der Waals surface area contributed by atoms with Gasteiger partial charge in [0.2, 0.25) is 5.91 Å². The smallest absolute Gasteiger partial charge is 0.224 e. The number of carbonyl (C=O) groups is 1. The van der Waals surface area contributed by atoms with Crippen molar-refractivity contribution in [3.63, 3.8) is 0 Å². The van der Waals surface area contributed by atoms with Crippen molar-refractivity contribution in [3.8, 4) is 0 Å². The van der Waals surface area contributed by atoms with Crippen molar-refractivity contribution in [2.45, 2.75) is 54.2 Å². The lowest BCUT2D eigenvalue weighted by Crippen LogP contribution is -2.39. The van der Waals surface area contributed by atoms with E-state index in [0.717, 1.165) is 28.6 Å². The van der Waals surface area contributed by atoms with Crippen LogP contribution in [0.1, 0.15) is 32.1 Å². The predicted octanol–water partition coefficient (Wildman–Crippen LogP) is 3.43. The van der Waals surface area contributed by atoms with Gasteiger partial charge in [-0.15, -0.1) is 0 Å². The first-order chi connectivity index (χ1) is 12.2. The molecular formula is C19H24N4OS. The summed E-state index contributed by atoms with van der Waals surface area (Å²) in [5.41, 5.74) is 0.873. The van der Waals surface area contributed by atoms with E-state index in [0.29, 0.717) is 24.4 Å². The topological polar surface area (TPSA) is 59.0 Å². The maximum Gasteiger partial charge on any atom is 0.224 e. The molecule has 132 valence electrons. The Morgan fingerprint density at radius 3 is 2.80 bits per heavy atom. The largest absolute Gasteiger partial charge is 0.329 e. The lowest BCUT2D eigenvalue weighted by Gasteiger charge is -2.28. The summed E-state index contributed by atoms with van der Waals surface area (Å²) in [6, 6.07) is 9.20. The lowest BCUT2D eigenvalue weighted by molar-refractivity contribution is -0.117. The van der Waals surface area contributed by atoms with E-state index in [9.17, 15) is 4.79 Å². The molecule has 0 radical (unpaired) electrons. The summed E-state index contributed by atoms with van der Waals surface area (Å²) in [5, 5.41) is 7.67. The van der Waals surface area contributed by atoms with E-state index in [1.165, 1.54) is 12.8 Å². The number of rotatable bonds is 5. The number of aromatic nitrogens is 2. The summed E-state index contributed by atoms with van der Waals surface area (Å²) >= 11 is 1.57. The molecule has 25 heavy (non-hydrogen) atoms. The summed E-state index contributed by atoms with van der Waals surface area (Å²) in [5.74, 6) is 0.632. The van der Waals surface area contributed by atoms with E-state index in [1.54, 1.807) is 18.0 Å². The van der Waals surface area contributed by atoms with Gasteiger partial charge in [-0.25, -0.2) is 4.98 Å². The van der Waals surface area contributed by atoms with Crippen molar-refractivity contribution in [2.75, 3.05) is 5.32 Å². The number of imidazole rings is 1. The number of anilines is 1.